The maximum atomic E-state index is 14.0. The van der Waals surface area contributed by atoms with Gasteiger partial charge in [-0.15, -0.1) is 0 Å². The van der Waals surface area contributed by atoms with E-state index in [1.165, 1.54) is 12.1 Å². The Morgan fingerprint density at radius 2 is 1.79 bits per heavy atom. The van der Waals surface area contributed by atoms with Gasteiger partial charge in [0.1, 0.15) is 29.8 Å². The van der Waals surface area contributed by atoms with Gasteiger partial charge in [-0.25, -0.2) is 18.0 Å². The summed E-state index contributed by atoms with van der Waals surface area (Å²) < 4.78 is 57.4. The van der Waals surface area contributed by atoms with Crippen molar-refractivity contribution in [2.75, 3.05) is 0 Å². The van der Waals surface area contributed by atoms with Crippen LogP contribution in [0.5, 0.6) is 5.75 Å². The average Bonchev–Trinajstić information content (AvgIpc) is 2.72. The first-order valence-electron chi connectivity index (χ1n) is 8.78. The number of rotatable bonds is 4. The van der Waals surface area contributed by atoms with E-state index >= 15 is 0 Å². The second kappa shape index (κ2) is 7.97. The molecule has 1 atom stereocenters. The van der Waals surface area contributed by atoms with Crippen molar-refractivity contribution in [3.8, 4) is 5.75 Å². The van der Waals surface area contributed by atoms with Gasteiger partial charge in [0.05, 0.1) is 12.2 Å². The predicted octanol–water partition coefficient (Wildman–Crippen LogP) is 5.07. The van der Waals surface area contributed by atoms with Crippen LogP contribution in [0.3, 0.4) is 0 Å². The molecule has 0 unspecified atom stereocenters. The summed E-state index contributed by atoms with van der Waals surface area (Å²) in [4.78, 5) is 12.1. The topological polar surface area (TPSA) is 44.8 Å². The quantitative estimate of drug-likeness (QED) is 0.574. The van der Waals surface area contributed by atoms with Gasteiger partial charge in [-0.3, -0.25) is 0 Å². The van der Waals surface area contributed by atoms with Crippen LogP contribution < -0.4 is 4.74 Å². The summed E-state index contributed by atoms with van der Waals surface area (Å²) in [5, 5.41) is 0. The zero-order chi connectivity index (χ0) is 20.4. The Hall–Kier alpha value is -3.32. The van der Waals surface area contributed by atoms with Crippen LogP contribution in [0.1, 0.15) is 33.3 Å². The fourth-order valence-corrected chi connectivity index (χ4v) is 3.03. The number of benzene rings is 3. The number of halogens is 3. The third kappa shape index (κ3) is 4.09. The molecule has 0 N–H and O–H groups in total. The lowest BCUT2D eigenvalue weighted by molar-refractivity contribution is -0.112. The number of hydrogen-bond acceptors (Lipinski definition) is 4. The van der Waals surface area contributed by atoms with Crippen molar-refractivity contribution >= 4 is 5.97 Å². The first kappa shape index (κ1) is 19.0. The van der Waals surface area contributed by atoms with E-state index in [-0.39, 0.29) is 18.8 Å². The Balaban J connectivity index is 1.55. The van der Waals surface area contributed by atoms with E-state index in [4.69, 9.17) is 14.2 Å². The van der Waals surface area contributed by atoms with Gasteiger partial charge in [-0.2, -0.15) is 0 Å². The molecule has 3 aromatic rings. The van der Waals surface area contributed by atoms with Gasteiger partial charge in [-0.1, -0.05) is 30.3 Å². The molecule has 0 spiro atoms. The Morgan fingerprint density at radius 3 is 2.55 bits per heavy atom. The fraction of sp³-hybridized carbons (Fsp3) is 0.136. The lowest BCUT2D eigenvalue weighted by Gasteiger charge is -2.28. The minimum atomic E-state index is -1.04. The molecule has 148 valence electrons. The number of ether oxygens (including phenoxy) is 3. The summed E-state index contributed by atoms with van der Waals surface area (Å²) in [7, 11) is 0. The molecule has 4 rings (SSSR count). The van der Waals surface area contributed by atoms with Crippen molar-refractivity contribution in [1.29, 1.82) is 0 Å². The monoisotopic (exact) mass is 400 g/mol. The number of fused-ring (bicyclic) bond motifs is 1. The number of carbonyl (C=O) groups is 1. The maximum Gasteiger partial charge on any atom is 0.341 e. The van der Waals surface area contributed by atoms with Crippen LogP contribution in [-0.4, -0.2) is 5.97 Å². The van der Waals surface area contributed by atoms with E-state index in [2.05, 4.69) is 0 Å². The highest BCUT2D eigenvalue weighted by atomic mass is 19.1. The molecule has 0 fully saturated rings. The molecule has 1 aliphatic rings. The zero-order valence-corrected chi connectivity index (χ0v) is 15.0. The third-order valence-electron chi connectivity index (χ3n) is 4.40. The van der Waals surface area contributed by atoms with Gasteiger partial charge >= 0.3 is 5.97 Å². The minimum Gasteiger partial charge on any atom is -0.460 e. The summed E-state index contributed by atoms with van der Waals surface area (Å²) in [5.74, 6) is -3.04. The second-order valence-corrected chi connectivity index (χ2v) is 6.42. The van der Waals surface area contributed by atoms with Crippen LogP contribution in [0.2, 0.25) is 0 Å². The molecule has 3 aromatic carbocycles. The molecule has 0 radical (unpaired) electrons. The minimum absolute atomic E-state index is 0.111. The first-order chi connectivity index (χ1) is 14.0. The Morgan fingerprint density at radius 1 is 1.00 bits per heavy atom. The smallest absolute Gasteiger partial charge is 0.341 e. The molecular formula is C22H15F3O4. The average molecular weight is 400 g/mol. The highest BCUT2D eigenvalue weighted by molar-refractivity contribution is 5.89. The SMILES string of the molecule is O=C(OCc1cc(F)cc2c1O[C@@H](c1ccccc1)OC2)c1ccc(F)cc1F. The largest absolute Gasteiger partial charge is 0.460 e. The van der Waals surface area contributed by atoms with Crippen LogP contribution in [0.15, 0.2) is 60.7 Å². The van der Waals surface area contributed by atoms with E-state index in [0.717, 1.165) is 17.7 Å². The maximum absolute atomic E-state index is 14.0. The van der Waals surface area contributed by atoms with Gasteiger partial charge in [0.2, 0.25) is 6.29 Å². The van der Waals surface area contributed by atoms with Crippen LogP contribution in [0.25, 0.3) is 0 Å². The Labute approximate surface area is 164 Å². The molecule has 29 heavy (non-hydrogen) atoms. The van der Waals surface area contributed by atoms with Gasteiger partial charge in [0.15, 0.2) is 0 Å². The summed E-state index contributed by atoms with van der Waals surface area (Å²) in [6, 6.07) is 14.2. The number of hydrogen-bond donors (Lipinski definition) is 0. The molecule has 0 aromatic heterocycles. The molecule has 1 aliphatic heterocycles. The zero-order valence-electron chi connectivity index (χ0n) is 15.0. The second-order valence-electron chi connectivity index (χ2n) is 6.42. The van der Waals surface area contributed by atoms with Crippen LogP contribution in [0, 0.1) is 17.5 Å². The molecule has 1 heterocycles. The highest BCUT2D eigenvalue weighted by Gasteiger charge is 2.26. The van der Waals surface area contributed by atoms with Gasteiger partial charge < -0.3 is 14.2 Å². The Kier molecular flexibility index (Phi) is 5.22. The predicted molar refractivity (Wildman–Crippen MR) is 96.5 cm³/mol. The van der Waals surface area contributed by atoms with E-state index in [1.54, 1.807) is 0 Å². The van der Waals surface area contributed by atoms with Crippen LogP contribution in [0.4, 0.5) is 13.2 Å². The fourth-order valence-electron chi connectivity index (χ4n) is 3.03. The molecular weight excluding hydrogens is 385 g/mol. The lowest BCUT2D eigenvalue weighted by atomic mass is 10.1. The van der Waals surface area contributed by atoms with E-state index in [0.29, 0.717) is 17.4 Å². The van der Waals surface area contributed by atoms with Gasteiger partial charge in [-0.05, 0) is 24.3 Å². The first-order valence-corrected chi connectivity index (χ1v) is 8.78. The molecule has 0 bridgehead atoms. The number of esters is 1. The van der Waals surface area contributed by atoms with Crippen molar-refractivity contribution in [3.63, 3.8) is 0 Å². The van der Waals surface area contributed by atoms with Crippen molar-refractivity contribution in [3.05, 3.63) is 100 Å². The van der Waals surface area contributed by atoms with Gasteiger partial charge in [0.25, 0.3) is 0 Å². The standard InChI is InChI=1S/C22H15F3O4/c23-16-6-7-18(19(25)10-16)21(26)27-11-14-8-17(24)9-15-12-28-22(29-20(14)15)13-4-2-1-3-5-13/h1-10,22H,11-12H2/t22-/m0/s1. The molecule has 0 saturated carbocycles. The Bertz CT molecular complexity index is 1050. The van der Waals surface area contributed by atoms with Crippen molar-refractivity contribution < 1.29 is 32.2 Å². The van der Waals surface area contributed by atoms with Crippen LogP contribution in [-0.2, 0) is 22.7 Å². The molecule has 0 amide bonds. The van der Waals surface area contributed by atoms with E-state index in [1.807, 2.05) is 30.3 Å². The molecule has 0 saturated heterocycles. The van der Waals surface area contributed by atoms with Crippen LogP contribution >= 0.6 is 0 Å². The summed E-state index contributed by atoms with van der Waals surface area (Å²) in [6.07, 6.45) is -0.696. The molecule has 0 aliphatic carbocycles. The lowest BCUT2D eigenvalue weighted by Crippen LogP contribution is -2.20. The highest BCUT2D eigenvalue weighted by Crippen LogP contribution is 2.37. The molecule has 4 nitrogen and oxygen atoms in total. The van der Waals surface area contributed by atoms with Crippen molar-refractivity contribution in [2.45, 2.75) is 19.5 Å². The normalized spacial score (nSPS) is 15.3. The summed E-state index contributed by atoms with van der Waals surface area (Å²) in [5.41, 5.74) is 1.11. The molecule has 7 heteroatoms. The third-order valence-corrected chi connectivity index (χ3v) is 4.40. The van der Waals surface area contributed by atoms with E-state index < -0.39 is 35.3 Å². The van der Waals surface area contributed by atoms with Gasteiger partial charge in [0, 0.05) is 22.8 Å². The number of carbonyl (C=O) groups excluding carboxylic acids is 1. The van der Waals surface area contributed by atoms with Crippen molar-refractivity contribution in [1.82, 2.24) is 0 Å². The summed E-state index contributed by atoms with van der Waals surface area (Å²) in [6.45, 7) is -0.239. The van der Waals surface area contributed by atoms with E-state index in [9.17, 15) is 18.0 Å². The summed E-state index contributed by atoms with van der Waals surface area (Å²) >= 11 is 0. The van der Waals surface area contributed by atoms with Crippen molar-refractivity contribution in [2.24, 2.45) is 0 Å².